The summed E-state index contributed by atoms with van der Waals surface area (Å²) < 4.78 is 16.4. The van der Waals surface area contributed by atoms with E-state index in [9.17, 15) is 14.4 Å². The van der Waals surface area contributed by atoms with E-state index in [1.807, 2.05) is 13.8 Å². The van der Waals surface area contributed by atoms with Crippen LogP contribution in [0.15, 0.2) is 24.3 Å². The summed E-state index contributed by atoms with van der Waals surface area (Å²) in [7, 11) is 0. The van der Waals surface area contributed by atoms with E-state index in [1.54, 1.807) is 29.2 Å². The van der Waals surface area contributed by atoms with Gasteiger partial charge in [0.25, 0.3) is 11.8 Å². The molecule has 166 valence electrons. The summed E-state index contributed by atoms with van der Waals surface area (Å²) in [5.74, 6) is -0.645. The largest absolute Gasteiger partial charge is 0.494 e. The van der Waals surface area contributed by atoms with E-state index in [-0.39, 0.29) is 24.7 Å². The van der Waals surface area contributed by atoms with Gasteiger partial charge >= 0.3 is 5.97 Å². The molecule has 1 aliphatic heterocycles. The molecule has 2 rings (SSSR count). The molecule has 0 aromatic heterocycles. The van der Waals surface area contributed by atoms with Gasteiger partial charge in [-0.25, -0.2) is 0 Å². The number of amides is 2. The van der Waals surface area contributed by atoms with Gasteiger partial charge in [0.15, 0.2) is 6.10 Å². The Morgan fingerprint density at radius 1 is 1.17 bits per heavy atom. The Kier molecular flexibility index (Phi) is 9.11. The first-order chi connectivity index (χ1) is 14.3. The van der Waals surface area contributed by atoms with E-state index >= 15 is 0 Å². The van der Waals surface area contributed by atoms with Crippen molar-refractivity contribution >= 4 is 17.8 Å². The number of hydrogen-bond acceptors (Lipinski definition) is 6. The molecule has 1 heterocycles. The van der Waals surface area contributed by atoms with E-state index in [0.717, 1.165) is 12.8 Å². The number of ether oxygens (including phenoxy) is 3. The van der Waals surface area contributed by atoms with Crippen LogP contribution in [-0.4, -0.2) is 67.2 Å². The van der Waals surface area contributed by atoms with Gasteiger partial charge in [-0.3, -0.25) is 14.4 Å². The molecule has 3 unspecified atom stereocenters. The summed E-state index contributed by atoms with van der Waals surface area (Å²) in [6.45, 7) is 8.64. The van der Waals surface area contributed by atoms with Crippen molar-refractivity contribution in [2.75, 3.05) is 26.2 Å². The van der Waals surface area contributed by atoms with Crippen molar-refractivity contribution in [1.82, 2.24) is 10.2 Å². The molecule has 0 radical (unpaired) electrons. The second-order valence-corrected chi connectivity index (χ2v) is 7.54. The lowest BCUT2D eigenvalue weighted by Gasteiger charge is -2.36. The summed E-state index contributed by atoms with van der Waals surface area (Å²) in [4.78, 5) is 38.4. The number of nitrogens with zero attached hydrogens (tertiary/aromatic N) is 1. The second kappa shape index (κ2) is 11.5. The summed E-state index contributed by atoms with van der Waals surface area (Å²) in [5, 5.41) is 2.51. The third-order valence-corrected chi connectivity index (χ3v) is 4.66. The Balaban J connectivity index is 1.76. The molecule has 8 nitrogen and oxygen atoms in total. The highest BCUT2D eigenvalue weighted by atomic mass is 16.5. The summed E-state index contributed by atoms with van der Waals surface area (Å²) >= 11 is 0. The fraction of sp³-hybridized carbons (Fsp3) is 0.591. The van der Waals surface area contributed by atoms with Crippen LogP contribution in [0.25, 0.3) is 0 Å². The predicted octanol–water partition coefficient (Wildman–Crippen LogP) is 2.16. The average Bonchev–Trinajstić information content (AvgIpc) is 2.71. The molecule has 30 heavy (non-hydrogen) atoms. The number of morpholine rings is 1. The van der Waals surface area contributed by atoms with Gasteiger partial charge in [0.05, 0.1) is 18.8 Å². The van der Waals surface area contributed by atoms with Gasteiger partial charge in [-0.2, -0.15) is 0 Å². The first-order valence-electron chi connectivity index (χ1n) is 10.4. The molecule has 3 atom stereocenters. The lowest BCUT2D eigenvalue weighted by atomic mass is 10.2. The molecule has 1 saturated heterocycles. The molecule has 8 heteroatoms. The van der Waals surface area contributed by atoms with Crippen LogP contribution < -0.4 is 10.1 Å². The highest BCUT2D eigenvalue weighted by molar-refractivity contribution is 5.96. The Bertz CT molecular complexity index is 711. The molecule has 1 aromatic carbocycles. The van der Waals surface area contributed by atoms with Crippen LogP contribution in [0.5, 0.6) is 5.75 Å². The van der Waals surface area contributed by atoms with Crippen LogP contribution in [-0.2, 0) is 19.1 Å². The molecule has 0 bridgehead atoms. The van der Waals surface area contributed by atoms with Crippen LogP contribution in [0.3, 0.4) is 0 Å². The molecule has 0 saturated carbocycles. The lowest BCUT2D eigenvalue weighted by molar-refractivity contribution is -0.163. The number of carbonyl (C=O) groups excluding carboxylic acids is 3. The zero-order chi connectivity index (χ0) is 22.1. The van der Waals surface area contributed by atoms with Gasteiger partial charge in [-0.1, -0.05) is 13.3 Å². The minimum absolute atomic E-state index is 0.0664. The quantitative estimate of drug-likeness (QED) is 0.486. The van der Waals surface area contributed by atoms with Crippen molar-refractivity contribution < 1.29 is 28.6 Å². The molecular formula is C22H32N2O6. The van der Waals surface area contributed by atoms with E-state index < -0.39 is 18.0 Å². The van der Waals surface area contributed by atoms with E-state index in [4.69, 9.17) is 14.2 Å². The Morgan fingerprint density at radius 3 is 2.40 bits per heavy atom. The third kappa shape index (κ3) is 7.33. The number of esters is 1. The predicted molar refractivity (Wildman–Crippen MR) is 111 cm³/mol. The van der Waals surface area contributed by atoms with Crippen LogP contribution >= 0.6 is 0 Å². The molecule has 1 aliphatic rings. The van der Waals surface area contributed by atoms with Crippen LogP contribution in [0.4, 0.5) is 0 Å². The highest BCUT2D eigenvalue weighted by Gasteiger charge is 2.30. The van der Waals surface area contributed by atoms with Gasteiger partial charge in [-0.05, 0) is 51.5 Å². The van der Waals surface area contributed by atoms with Gasteiger partial charge in [0.2, 0.25) is 0 Å². The smallest absolute Gasteiger partial charge is 0.326 e. The first-order valence-corrected chi connectivity index (χ1v) is 10.4. The monoisotopic (exact) mass is 420 g/mol. The van der Waals surface area contributed by atoms with Gasteiger partial charge < -0.3 is 24.4 Å². The average molecular weight is 421 g/mol. The van der Waals surface area contributed by atoms with Crippen molar-refractivity contribution in [2.24, 2.45) is 0 Å². The van der Waals surface area contributed by atoms with Crippen LogP contribution in [0, 0.1) is 0 Å². The maximum atomic E-state index is 12.5. The Morgan fingerprint density at radius 2 is 1.80 bits per heavy atom. The minimum Gasteiger partial charge on any atom is -0.494 e. The SMILES string of the molecule is CCCCOc1ccc(C(=O)NCC(=O)OC(C)C(=O)N2CC(C)OC(C)C2)cc1. The molecule has 1 N–H and O–H groups in total. The number of hydrogen-bond donors (Lipinski definition) is 1. The summed E-state index contributed by atoms with van der Waals surface area (Å²) in [6.07, 6.45) is 0.957. The number of benzene rings is 1. The first kappa shape index (κ1) is 23.7. The normalized spacial score (nSPS) is 19.7. The van der Waals surface area contributed by atoms with Crippen molar-refractivity contribution in [3.05, 3.63) is 29.8 Å². The van der Waals surface area contributed by atoms with Crippen LogP contribution in [0.1, 0.15) is 50.9 Å². The molecular weight excluding hydrogens is 388 g/mol. The van der Waals surface area contributed by atoms with Gasteiger partial charge in [0, 0.05) is 18.7 Å². The standard InChI is InChI=1S/C22H32N2O6/c1-5-6-11-28-19-9-7-18(8-10-19)21(26)23-12-20(25)30-17(4)22(27)24-13-15(2)29-16(3)14-24/h7-10,15-17H,5-6,11-14H2,1-4H3,(H,23,26). The highest BCUT2D eigenvalue weighted by Crippen LogP contribution is 2.14. The number of rotatable bonds is 9. The lowest BCUT2D eigenvalue weighted by Crippen LogP contribution is -2.51. The third-order valence-electron chi connectivity index (χ3n) is 4.66. The second-order valence-electron chi connectivity index (χ2n) is 7.54. The van der Waals surface area contributed by atoms with Crippen LogP contribution in [0.2, 0.25) is 0 Å². The molecule has 0 aliphatic carbocycles. The number of carbonyl (C=O) groups is 3. The topological polar surface area (TPSA) is 94.2 Å². The summed E-state index contributed by atoms with van der Waals surface area (Å²) in [6, 6.07) is 6.70. The zero-order valence-electron chi connectivity index (χ0n) is 18.2. The van der Waals surface area contributed by atoms with Gasteiger partial charge in [-0.15, -0.1) is 0 Å². The van der Waals surface area contributed by atoms with Crippen molar-refractivity contribution in [2.45, 2.75) is 58.8 Å². The van der Waals surface area contributed by atoms with Crippen molar-refractivity contribution in [3.8, 4) is 5.75 Å². The van der Waals surface area contributed by atoms with Crippen molar-refractivity contribution in [1.29, 1.82) is 0 Å². The Hall–Kier alpha value is -2.61. The molecule has 1 aromatic rings. The van der Waals surface area contributed by atoms with Gasteiger partial charge in [0.1, 0.15) is 12.3 Å². The minimum atomic E-state index is -0.925. The molecule has 2 amide bonds. The molecule has 1 fully saturated rings. The van der Waals surface area contributed by atoms with Crippen molar-refractivity contribution in [3.63, 3.8) is 0 Å². The van der Waals surface area contributed by atoms with E-state index in [0.29, 0.717) is 31.0 Å². The zero-order valence-corrected chi connectivity index (χ0v) is 18.2. The Labute approximate surface area is 177 Å². The summed E-state index contributed by atoms with van der Waals surface area (Å²) in [5.41, 5.74) is 0.408. The maximum Gasteiger partial charge on any atom is 0.326 e. The fourth-order valence-electron chi connectivity index (χ4n) is 3.20. The maximum absolute atomic E-state index is 12.5. The van der Waals surface area contributed by atoms with E-state index in [2.05, 4.69) is 12.2 Å². The fourth-order valence-corrected chi connectivity index (χ4v) is 3.20. The number of nitrogens with one attached hydrogen (secondary N) is 1. The van der Waals surface area contributed by atoms with E-state index in [1.165, 1.54) is 6.92 Å². The molecule has 0 spiro atoms. The number of unbranched alkanes of at least 4 members (excludes halogenated alkanes) is 1.